The molecule has 0 aliphatic heterocycles. The largest absolute Gasteiger partial charge is 0.205 e. The summed E-state index contributed by atoms with van der Waals surface area (Å²) in [6.07, 6.45) is 0. The fourth-order valence-corrected chi connectivity index (χ4v) is 2.55. The molecular formula is C10H6BrFS. The first-order chi connectivity index (χ1) is 6.29. The van der Waals surface area contributed by atoms with Gasteiger partial charge in [-0.25, -0.2) is 4.39 Å². The van der Waals surface area contributed by atoms with Gasteiger partial charge in [-0.05, 0) is 17.5 Å². The van der Waals surface area contributed by atoms with Crippen LogP contribution in [0.2, 0.25) is 0 Å². The highest BCUT2D eigenvalue weighted by molar-refractivity contribution is 9.10. The highest BCUT2D eigenvalue weighted by Crippen LogP contribution is 2.33. The van der Waals surface area contributed by atoms with Crippen LogP contribution in [0, 0.1) is 5.82 Å². The average molecular weight is 257 g/mol. The molecular weight excluding hydrogens is 251 g/mol. The molecule has 0 saturated heterocycles. The van der Waals surface area contributed by atoms with E-state index < -0.39 is 0 Å². The van der Waals surface area contributed by atoms with Crippen molar-refractivity contribution >= 4 is 27.3 Å². The minimum absolute atomic E-state index is 0.156. The Balaban J connectivity index is 2.59. The van der Waals surface area contributed by atoms with Gasteiger partial charge >= 0.3 is 0 Å². The Morgan fingerprint density at radius 2 is 1.92 bits per heavy atom. The maximum atomic E-state index is 13.2. The molecule has 0 amide bonds. The van der Waals surface area contributed by atoms with Crippen LogP contribution in [0.15, 0.2) is 40.2 Å². The quantitative estimate of drug-likeness (QED) is 0.713. The second-order valence-electron chi connectivity index (χ2n) is 2.58. The molecule has 0 spiro atoms. The third kappa shape index (κ3) is 1.67. The van der Waals surface area contributed by atoms with E-state index in [4.69, 9.17) is 0 Å². The molecule has 0 saturated carbocycles. The van der Waals surface area contributed by atoms with Crippen LogP contribution >= 0.6 is 27.3 Å². The topological polar surface area (TPSA) is 0 Å². The first-order valence-corrected chi connectivity index (χ1v) is 5.44. The van der Waals surface area contributed by atoms with Gasteiger partial charge in [-0.3, -0.25) is 0 Å². The Hall–Kier alpha value is -0.670. The number of thiophene rings is 1. The van der Waals surface area contributed by atoms with Crippen LogP contribution in [-0.2, 0) is 0 Å². The van der Waals surface area contributed by atoms with Gasteiger partial charge in [0.1, 0.15) is 5.82 Å². The summed E-state index contributed by atoms with van der Waals surface area (Å²) in [7, 11) is 0. The van der Waals surface area contributed by atoms with Gasteiger partial charge in [0.15, 0.2) is 0 Å². The van der Waals surface area contributed by atoms with E-state index in [-0.39, 0.29) is 5.82 Å². The fourth-order valence-electron chi connectivity index (χ4n) is 1.13. The lowest BCUT2D eigenvalue weighted by Crippen LogP contribution is -1.77. The van der Waals surface area contributed by atoms with Crippen molar-refractivity contribution in [2.75, 3.05) is 0 Å². The number of halogens is 2. The Morgan fingerprint density at radius 3 is 2.54 bits per heavy atom. The van der Waals surface area contributed by atoms with Crippen LogP contribution in [0.5, 0.6) is 0 Å². The van der Waals surface area contributed by atoms with E-state index in [0.717, 1.165) is 10.0 Å². The van der Waals surface area contributed by atoms with Crippen LogP contribution in [0.1, 0.15) is 0 Å². The van der Waals surface area contributed by atoms with Crippen molar-refractivity contribution in [2.45, 2.75) is 0 Å². The smallest absolute Gasteiger partial charge is 0.141 e. The highest BCUT2D eigenvalue weighted by Gasteiger charge is 2.08. The molecule has 3 heteroatoms. The summed E-state index contributed by atoms with van der Waals surface area (Å²) in [6, 6.07) is 9.12. The summed E-state index contributed by atoms with van der Waals surface area (Å²) in [4.78, 5) is 0.687. The lowest BCUT2D eigenvalue weighted by atomic mass is 10.2. The number of hydrogen-bond donors (Lipinski definition) is 0. The van der Waals surface area contributed by atoms with Crippen molar-refractivity contribution in [3.05, 3.63) is 46.0 Å². The van der Waals surface area contributed by atoms with Gasteiger partial charge in [0.2, 0.25) is 0 Å². The zero-order valence-corrected chi connectivity index (χ0v) is 9.03. The molecule has 0 nitrogen and oxygen atoms in total. The molecule has 0 unspecified atom stereocenters. The molecule has 66 valence electrons. The molecule has 0 fully saturated rings. The number of hydrogen-bond acceptors (Lipinski definition) is 1. The van der Waals surface area contributed by atoms with Gasteiger partial charge < -0.3 is 0 Å². The van der Waals surface area contributed by atoms with Gasteiger partial charge in [0.25, 0.3) is 0 Å². The lowest BCUT2D eigenvalue weighted by molar-refractivity contribution is 0.636. The summed E-state index contributed by atoms with van der Waals surface area (Å²) < 4.78 is 14.1. The van der Waals surface area contributed by atoms with Crippen molar-refractivity contribution < 1.29 is 4.39 Å². The minimum Gasteiger partial charge on any atom is -0.205 e. The van der Waals surface area contributed by atoms with Crippen LogP contribution in [0.4, 0.5) is 4.39 Å². The fraction of sp³-hybridized carbons (Fsp3) is 0. The molecule has 2 rings (SSSR count). The van der Waals surface area contributed by atoms with Crippen LogP contribution in [0.3, 0.4) is 0 Å². The van der Waals surface area contributed by atoms with E-state index in [9.17, 15) is 4.39 Å². The second kappa shape index (κ2) is 3.60. The normalized spacial score (nSPS) is 10.3. The Morgan fingerprint density at radius 1 is 1.15 bits per heavy atom. The first kappa shape index (κ1) is 8.91. The standard InChI is InChI=1S/C10H6BrFS/c11-8-4-2-1-3-7(8)10-9(12)5-6-13-10/h1-6H. The van der Waals surface area contributed by atoms with Gasteiger partial charge in [-0.15, -0.1) is 11.3 Å². The van der Waals surface area contributed by atoms with Crippen molar-refractivity contribution in [1.82, 2.24) is 0 Å². The van der Waals surface area contributed by atoms with Gasteiger partial charge in [0, 0.05) is 10.0 Å². The van der Waals surface area contributed by atoms with E-state index in [0.29, 0.717) is 4.88 Å². The van der Waals surface area contributed by atoms with Crippen LogP contribution in [0.25, 0.3) is 10.4 Å². The third-order valence-corrected chi connectivity index (χ3v) is 3.35. The Bertz CT molecular complexity index is 422. The summed E-state index contributed by atoms with van der Waals surface area (Å²) in [5.74, 6) is -0.156. The summed E-state index contributed by atoms with van der Waals surface area (Å²) in [6.45, 7) is 0. The molecule has 1 heterocycles. The van der Waals surface area contributed by atoms with E-state index in [2.05, 4.69) is 15.9 Å². The summed E-state index contributed by atoms with van der Waals surface area (Å²) in [5.41, 5.74) is 0.912. The Labute approximate surface area is 88.2 Å². The Kier molecular flexibility index (Phi) is 2.47. The highest BCUT2D eigenvalue weighted by atomic mass is 79.9. The maximum absolute atomic E-state index is 13.2. The van der Waals surface area contributed by atoms with Gasteiger partial charge in [-0.2, -0.15) is 0 Å². The molecule has 1 aromatic carbocycles. The van der Waals surface area contributed by atoms with Crippen LogP contribution in [-0.4, -0.2) is 0 Å². The molecule has 2 aromatic rings. The molecule has 0 atom stereocenters. The lowest BCUT2D eigenvalue weighted by Gasteiger charge is -2.00. The van der Waals surface area contributed by atoms with Crippen molar-refractivity contribution in [3.8, 4) is 10.4 Å². The summed E-state index contributed by atoms with van der Waals surface area (Å²) in [5, 5.41) is 1.75. The monoisotopic (exact) mass is 256 g/mol. The predicted molar refractivity (Wildman–Crippen MR) is 57.4 cm³/mol. The van der Waals surface area contributed by atoms with Crippen LogP contribution < -0.4 is 0 Å². The molecule has 0 aliphatic rings. The van der Waals surface area contributed by atoms with E-state index in [1.165, 1.54) is 17.4 Å². The van der Waals surface area contributed by atoms with E-state index in [1.54, 1.807) is 5.38 Å². The molecule has 0 aliphatic carbocycles. The SMILES string of the molecule is Fc1ccsc1-c1ccccc1Br. The molecule has 0 radical (unpaired) electrons. The number of benzene rings is 1. The first-order valence-electron chi connectivity index (χ1n) is 3.77. The van der Waals surface area contributed by atoms with Gasteiger partial charge in [-0.1, -0.05) is 34.1 Å². The van der Waals surface area contributed by atoms with Gasteiger partial charge in [0.05, 0.1) is 4.88 Å². The molecule has 1 aromatic heterocycles. The minimum atomic E-state index is -0.156. The predicted octanol–water partition coefficient (Wildman–Crippen LogP) is 4.32. The van der Waals surface area contributed by atoms with Crippen molar-refractivity contribution in [3.63, 3.8) is 0 Å². The molecule has 0 bridgehead atoms. The zero-order valence-electron chi connectivity index (χ0n) is 6.63. The van der Waals surface area contributed by atoms with E-state index in [1.807, 2.05) is 24.3 Å². The maximum Gasteiger partial charge on any atom is 0.141 e. The average Bonchev–Trinajstić information content (AvgIpc) is 2.52. The zero-order chi connectivity index (χ0) is 9.26. The molecule has 0 N–H and O–H groups in total. The third-order valence-electron chi connectivity index (χ3n) is 1.74. The van der Waals surface area contributed by atoms with E-state index >= 15 is 0 Å². The number of rotatable bonds is 1. The molecule has 13 heavy (non-hydrogen) atoms. The van der Waals surface area contributed by atoms with Crippen molar-refractivity contribution in [2.24, 2.45) is 0 Å². The second-order valence-corrected chi connectivity index (χ2v) is 4.35. The van der Waals surface area contributed by atoms with Crippen molar-refractivity contribution in [1.29, 1.82) is 0 Å². The summed E-state index contributed by atoms with van der Waals surface area (Å²) >= 11 is 4.80.